The van der Waals surface area contributed by atoms with Crippen molar-refractivity contribution in [2.24, 2.45) is 0 Å². The third-order valence-corrected chi connectivity index (χ3v) is 6.85. The summed E-state index contributed by atoms with van der Waals surface area (Å²) in [6, 6.07) is 13.7. The molecule has 1 amide bonds. The van der Waals surface area contributed by atoms with E-state index in [1.54, 1.807) is 31.2 Å². The third-order valence-electron chi connectivity index (χ3n) is 6.61. The number of methoxy groups -OCH3 is 3. The van der Waals surface area contributed by atoms with Gasteiger partial charge in [0.25, 0.3) is 5.91 Å². The zero-order chi connectivity index (χ0) is 31.3. The second-order valence-corrected chi connectivity index (χ2v) is 9.68. The number of carbonyl (C=O) groups is 2. The Labute approximate surface area is 250 Å². The van der Waals surface area contributed by atoms with Gasteiger partial charge in [-0.3, -0.25) is 9.59 Å². The van der Waals surface area contributed by atoms with E-state index in [1.807, 2.05) is 0 Å². The van der Waals surface area contributed by atoms with Crippen molar-refractivity contribution >= 4 is 29.2 Å². The number of esters is 1. The molecule has 1 aliphatic rings. The van der Waals surface area contributed by atoms with Gasteiger partial charge in [0.15, 0.2) is 11.5 Å². The summed E-state index contributed by atoms with van der Waals surface area (Å²) >= 11 is 6.37. The molecule has 3 aromatic carbocycles. The van der Waals surface area contributed by atoms with Gasteiger partial charge in [-0.2, -0.15) is 0 Å². The van der Waals surface area contributed by atoms with E-state index in [9.17, 15) is 22.8 Å². The average Bonchev–Trinajstić information content (AvgIpc) is 3.07. The van der Waals surface area contributed by atoms with Crippen LogP contribution >= 0.6 is 11.6 Å². The van der Waals surface area contributed by atoms with Crippen molar-refractivity contribution in [2.75, 3.05) is 32.8 Å². The predicted molar refractivity (Wildman–Crippen MR) is 150 cm³/mol. The number of benzene rings is 3. The van der Waals surface area contributed by atoms with Crippen molar-refractivity contribution in [1.29, 1.82) is 0 Å². The molecule has 4 rings (SSSR count). The van der Waals surface area contributed by atoms with Crippen LogP contribution in [0.3, 0.4) is 0 Å². The molecule has 0 radical (unpaired) electrons. The van der Waals surface area contributed by atoms with E-state index >= 15 is 0 Å². The first-order valence-electron chi connectivity index (χ1n) is 13.0. The number of ether oxygens (including phenoxy) is 6. The molecule has 43 heavy (non-hydrogen) atoms. The Balaban J connectivity index is 1.93. The van der Waals surface area contributed by atoms with Crippen molar-refractivity contribution < 1.29 is 51.2 Å². The SMILES string of the molecule is CCOC(=O)C[C@H]1O[C@H](c2cccc(OC)c2OC(F)(F)F)c2cc(Cl)ccc2N(Cc2ccc(OC)cc2OC)C1=O. The van der Waals surface area contributed by atoms with E-state index in [2.05, 4.69) is 4.74 Å². The molecule has 13 heteroatoms. The quantitative estimate of drug-likeness (QED) is 0.245. The number of hydrogen-bond donors (Lipinski definition) is 0. The van der Waals surface area contributed by atoms with E-state index in [1.165, 1.54) is 56.6 Å². The fourth-order valence-corrected chi connectivity index (χ4v) is 4.94. The zero-order valence-corrected chi connectivity index (χ0v) is 24.5. The summed E-state index contributed by atoms with van der Waals surface area (Å²) < 4.78 is 72.4. The van der Waals surface area contributed by atoms with Crippen LogP contribution in [0, 0.1) is 0 Å². The summed E-state index contributed by atoms with van der Waals surface area (Å²) in [7, 11) is 4.15. The molecule has 0 aliphatic carbocycles. The van der Waals surface area contributed by atoms with Crippen LogP contribution in [0.5, 0.6) is 23.0 Å². The minimum Gasteiger partial charge on any atom is -0.497 e. The normalized spacial score (nSPS) is 16.7. The average molecular weight is 624 g/mol. The highest BCUT2D eigenvalue weighted by Gasteiger charge is 2.41. The monoisotopic (exact) mass is 623 g/mol. The molecule has 0 aromatic heterocycles. The number of fused-ring (bicyclic) bond motifs is 1. The lowest BCUT2D eigenvalue weighted by Crippen LogP contribution is -2.40. The molecule has 0 saturated heterocycles. The minimum absolute atomic E-state index is 0.0468. The van der Waals surface area contributed by atoms with Crippen molar-refractivity contribution in [2.45, 2.75) is 38.5 Å². The number of para-hydroxylation sites is 1. The number of halogens is 4. The van der Waals surface area contributed by atoms with Gasteiger partial charge < -0.3 is 33.3 Å². The lowest BCUT2D eigenvalue weighted by atomic mass is 9.97. The Morgan fingerprint density at radius 2 is 1.72 bits per heavy atom. The van der Waals surface area contributed by atoms with Crippen molar-refractivity contribution in [3.05, 3.63) is 76.3 Å². The number of nitrogens with zero attached hydrogens (tertiary/aromatic N) is 1. The van der Waals surface area contributed by atoms with Gasteiger partial charge in [-0.1, -0.05) is 23.7 Å². The van der Waals surface area contributed by atoms with Crippen molar-refractivity contribution in [1.82, 2.24) is 0 Å². The van der Waals surface area contributed by atoms with Gasteiger partial charge in [0, 0.05) is 27.8 Å². The second-order valence-electron chi connectivity index (χ2n) is 9.25. The molecule has 1 aliphatic heterocycles. The molecule has 3 aromatic rings. The number of anilines is 1. The van der Waals surface area contributed by atoms with Gasteiger partial charge in [-0.25, -0.2) is 0 Å². The summed E-state index contributed by atoms with van der Waals surface area (Å²) in [4.78, 5) is 28.1. The Morgan fingerprint density at radius 1 is 0.977 bits per heavy atom. The number of carbonyl (C=O) groups excluding carboxylic acids is 2. The van der Waals surface area contributed by atoms with Gasteiger partial charge in [0.1, 0.15) is 23.7 Å². The Kier molecular flexibility index (Phi) is 9.92. The van der Waals surface area contributed by atoms with Crippen LogP contribution in [-0.2, 0) is 25.6 Å². The minimum atomic E-state index is -5.08. The smallest absolute Gasteiger partial charge is 0.497 e. The highest BCUT2D eigenvalue weighted by molar-refractivity contribution is 6.30. The van der Waals surface area contributed by atoms with E-state index in [-0.39, 0.29) is 40.7 Å². The standard InChI is InChI=1S/C30H29ClF3NO8/c1-5-41-26(36)15-25-29(37)35(16-17-9-11-19(38-2)14-24(17)40-4)22-12-10-18(31)13-21(22)27(42-25)20-7-6-8-23(39-3)28(20)43-30(32,33)34/h6-14,25,27H,5,15-16H2,1-4H3/t25-,27-/m1/s1. The summed E-state index contributed by atoms with van der Waals surface area (Å²) in [6.45, 7) is 1.60. The van der Waals surface area contributed by atoms with E-state index in [0.29, 0.717) is 17.1 Å². The zero-order valence-electron chi connectivity index (χ0n) is 23.7. The number of alkyl halides is 3. The fraction of sp³-hybridized carbons (Fsp3) is 0.333. The first-order valence-corrected chi connectivity index (χ1v) is 13.4. The molecule has 0 bridgehead atoms. The van der Waals surface area contributed by atoms with E-state index in [0.717, 1.165) is 0 Å². The van der Waals surface area contributed by atoms with Crippen molar-refractivity contribution in [3.63, 3.8) is 0 Å². The maximum atomic E-state index is 14.1. The summed E-state index contributed by atoms with van der Waals surface area (Å²) in [5, 5.41) is 0.229. The third kappa shape index (κ3) is 7.26. The lowest BCUT2D eigenvalue weighted by Gasteiger charge is -2.26. The Hall–Kier alpha value is -4.16. The van der Waals surface area contributed by atoms with Crippen LogP contribution in [-0.4, -0.2) is 52.3 Å². The number of amides is 1. The van der Waals surface area contributed by atoms with Crippen molar-refractivity contribution in [3.8, 4) is 23.0 Å². The molecule has 0 saturated carbocycles. The van der Waals surface area contributed by atoms with Crippen LogP contribution < -0.4 is 23.8 Å². The molecule has 9 nitrogen and oxygen atoms in total. The summed E-state index contributed by atoms with van der Waals surface area (Å²) in [6.07, 6.45) is -8.42. The molecule has 0 spiro atoms. The van der Waals surface area contributed by atoms with Crippen LogP contribution in [0.25, 0.3) is 0 Å². The van der Waals surface area contributed by atoms with Gasteiger partial charge in [0.2, 0.25) is 0 Å². The largest absolute Gasteiger partial charge is 0.573 e. The van der Waals surface area contributed by atoms with E-state index in [4.69, 9.17) is 35.3 Å². The Bertz CT molecular complexity index is 1480. The highest BCUT2D eigenvalue weighted by Crippen LogP contribution is 2.47. The highest BCUT2D eigenvalue weighted by atomic mass is 35.5. The van der Waals surface area contributed by atoms with Gasteiger partial charge in [0.05, 0.1) is 46.6 Å². The van der Waals surface area contributed by atoms with Gasteiger partial charge >= 0.3 is 12.3 Å². The molecular formula is C30H29ClF3NO8. The number of rotatable bonds is 10. The maximum Gasteiger partial charge on any atom is 0.573 e. The number of hydrogen-bond acceptors (Lipinski definition) is 8. The van der Waals surface area contributed by atoms with Crippen LogP contribution in [0.4, 0.5) is 18.9 Å². The second kappa shape index (κ2) is 13.4. The summed E-state index contributed by atoms with van der Waals surface area (Å²) in [5.74, 6) is -1.32. The lowest BCUT2D eigenvalue weighted by molar-refractivity contribution is -0.275. The maximum absolute atomic E-state index is 14.1. The van der Waals surface area contributed by atoms with Gasteiger partial charge in [-0.15, -0.1) is 13.2 Å². The first kappa shape index (κ1) is 31.8. The van der Waals surface area contributed by atoms with Gasteiger partial charge in [-0.05, 0) is 43.3 Å². The van der Waals surface area contributed by atoms with Crippen LogP contribution in [0.2, 0.25) is 5.02 Å². The van der Waals surface area contributed by atoms with Crippen LogP contribution in [0.15, 0.2) is 54.6 Å². The Morgan fingerprint density at radius 3 is 2.37 bits per heavy atom. The van der Waals surface area contributed by atoms with E-state index < -0.39 is 42.6 Å². The predicted octanol–water partition coefficient (Wildman–Crippen LogP) is 6.24. The molecule has 230 valence electrons. The molecule has 1 heterocycles. The molecular weight excluding hydrogens is 595 g/mol. The molecule has 0 fully saturated rings. The summed E-state index contributed by atoms with van der Waals surface area (Å²) in [5.41, 5.74) is 1.00. The molecule has 2 atom stereocenters. The fourth-order valence-electron chi connectivity index (χ4n) is 4.76. The van der Waals surface area contributed by atoms with Crippen LogP contribution in [0.1, 0.15) is 36.1 Å². The molecule has 0 N–H and O–H groups in total. The molecule has 0 unspecified atom stereocenters. The topological polar surface area (TPSA) is 92.8 Å². The first-order chi connectivity index (χ1) is 20.5.